The lowest BCUT2D eigenvalue weighted by Gasteiger charge is -2.12. The van der Waals surface area contributed by atoms with Gasteiger partial charge in [-0.15, -0.1) is 11.3 Å². The Bertz CT molecular complexity index is 884. The van der Waals surface area contributed by atoms with Crippen molar-refractivity contribution in [2.75, 3.05) is 13.1 Å². The summed E-state index contributed by atoms with van der Waals surface area (Å²) in [6.07, 6.45) is 1.72. The summed E-state index contributed by atoms with van der Waals surface area (Å²) >= 11 is 2.34. The molecule has 1 aliphatic rings. The van der Waals surface area contributed by atoms with Crippen LogP contribution in [0.25, 0.3) is 6.08 Å². The van der Waals surface area contributed by atoms with Crippen LogP contribution in [0.3, 0.4) is 0 Å². The van der Waals surface area contributed by atoms with Gasteiger partial charge in [-0.05, 0) is 49.4 Å². The van der Waals surface area contributed by atoms with E-state index in [0.717, 1.165) is 27.8 Å². The van der Waals surface area contributed by atoms with Crippen LogP contribution in [0.2, 0.25) is 0 Å². The topological polar surface area (TPSA) is 66.5 Å². The molecule has 1 aromatic carbocycles. The quantitative estimate of drug-likeness (QED) is 0.793. The first-order chi connectivity index (χ1) is 12.4. The fourth-order valence-electron chi connectivity index (χ4n) is 2.43. The van der Waals surface area contributed by atoms with E-state index >= 15 is 0 Å². The number of hydrogen-bond acceptors (Lipinski definition) is 5. The van der Waals surface area contributed by atoms with Crippen LogP contribution < -0.4 is 5.32 Å². The summed E-state index contributed by atoms with van der Waals surface area (Å²) < 4.78 is 0. The average Bonchev–Trinajstić information content (AvgIpc) is 3.15. The maximum atomic E-state index is 12.4. The minimum absolute atomic E-state index is 0.159. The average molecular weight is 386 g/mol. The third-order valence-corrected chi connectivity index (χ3v) is 5.74. The first-order valence-electron chi connectivity index (χ1n) is 8.11. The van der Waals surface area contributed by atoms with Crippen molar-refractivity contribution in [2.45, 2.75) is 13.8 Å². The molecule has 2 heterocycles. The molecule has 0 radical (unpaired) electrons. The standard InChI is InChI=1S/C19H18N2O3S2/c1-12-3-6-14(7-4-12)11-16-18(23)21(19(24)26-16)10-9-20-17(22)15-8-5-13(2)25-15/h3-8,11H,9-10H2,1-2H3,(H,20,22)/b16-11-. The Morgan fingerprint density at radius 3 is 2.50 bits per heavy atom. The highest BCUT2D eigenvalue weighted by Gasteiger charge is 2.34. The number of thioether (sulfide) groups is 1. The molecular formula is C19H18N2O3S2. The van der Waals surface area contributed by atoms with Crippen molar-refractivity contribution in [2.24, 2.45) is 0 Å². The number of rotatable bonds is 5. The summed E-state index contributed by atoms with van der Waals surface area (Å²) in [7, 11) is 0. The number of amides is 3. The second kappa shape index (κ2) is 7.88. The molecule has 134 valence electrons. The lowest BCUT2D eigenvalue weighted by molar-refractivity contribution is -0.122. The van der Waals surface area contributed by atoms with E-state index in [1.807, 2.05) is 44.2 Å². The normalized spacial score (nSPS) is 15.8. The van der Waals surface area contributed by atoms with Crippen LogP contribution in [0, 0.1) is 13.8 Å². The monoisotopic (exact) mass is 386 g/mol. The molecule has 0 saturated carbocycles. The van der Waals surface area contributed by atoms with E-state index in [-0.39, 0.29) is 30.1 Å². The molecule has 3 rings (SSSR count). The smallest absolute Gasteiger partial charge is 0.293 e. The molecule has 1 aromatic heterocycles. The molecule has 0 aliphatic carbocycles. The number of aryl methyl sites for hydroxylation is 2. The van der Waals surface area contributed by atoms with E-state index in [1.165, 1.54) is 16.2 Å². The maximum Gasteiger partial charge on any atom is 0.293 e. The summed E-state index contributed by atoms with van der Waals surface area (Å²) in [6, 6.07) is 11.4. The Morgan fingerprint density at radius 1 is 1.12 bits per heavy atom. The number of thiophene rings is 1. The highest BCUT2D eigenvalue weighted by Crippen LogP contribution is 2.31. The van der Waals surface area contributed by atoms with Crippen LogP contribution in [0.5, 0.6) is 0 Å². The fraction of sp³-hybridized carbons (Fsp3) is 0.211. The highest BCUT2D eigenvalue weighted by molar-refractivity contribution is 8.18. The maximum absolute atomic E-state index is 12.4. The Hall–Kier alpha value is -2.38. The van der Waals surface area contributed by atoms with E-state index in [4.69, 9.17) is 0 Å². The number of nitrogens with one attached hydrogen (secondary N) is 1. The van der Waals surface area contributed by atoms with E-state index < -0.39 is 0 Å². The van der Waals surface area contributed by atoms with Gasteiger partial charge in [0.2, 0.25) is 0 Å². The summed E-state index contributed by atoms with van der Waals surface area (Å²) in [5.41, 5.74) is 2.01. The molecule has 0 bridgehead atoms. The van der Waals surface area contributed by atoms with Crippen molar-refractivity contribution in [3.05, 3.63) is 62.2 Å². The van der Waals surface area contributed by atoms with Crippen LogP contribution in [-0.2, 0) is 4.79 Å². The van der Waals surface area contributed by atoms with Crippen molar-refractivity contribution < 1.29 is 14.4 Å². The molecule has 0 spiro atoms. The molecule has 0 atom stereocenters. The summed E-state index contributed by atoms with van der Waals surface area (Å²) in [6.45, 7) is 4.31. The van der Waals surface area contributed by atoms with Crippen molar-refractivity contribution in [3.63, 3.8) is 0 Å². The number of carbonyl (C=O) groups is 3. The fourth-order valence-corrected chi connectivity index (χ4v) is 4.08. The second-order valence-corrected chi connectivity index (χ2v) is 8.19. The first-order valence-corrected chi connectivity index (χ1v) is 9.74. The Kier molecular flexibility index (Phi) is 5.58. The number of nitrogens with zero attached hydrogens (tertiary/aromatic N) is 1. The van der Waals surface area contributed by atoms with Crippen LogP contribution in [0.1, 0.15) is 25.7 Å². The lowest BCUT2D eigenvalue weighted by Crippen LogP contribution is -2.37. The summed E-state index contributed by atoms with van der Waals surface area (Å²) in [5, 5.41) is 2.44. The van der Waals surface area contributed by atoms with E-state index in [1.54, 1.807) is 12.1 Å². The minimum atomic E-state index is -0.318. The van der Waals surface area contributed by atoms with Gasteiger partial charge in [-0.2, -0.15) is 0 Å². The summed E-state index contributed by atoms with van der Waals surface area (Å²) in [4.78, 5) is 39.8. The zero-order valence-corrected chi connectivity index (χ0v) is 16.1. The molecule has 1 aliphatic heterocycles. The van der Waals surface area contributed by atoms with Crippen LogP contribution in [-0.4, -0.2) is 35.0 Å². The van der Waals surface area contributed by atoms with Gasteiger partial charge in [-0.25, -0.2) is 0 Å². The van der Waals surface area contributed by atoms with E-state index in [9.17, 15) is 14.4 Å². The van der Waals surface area contributed by atoms with Gasteiger partial charge in [0.05, 0.1) is 9.78 Å². The van der Waals surface area contributed by atoms with Crippen LogP contribution >= 0.6 is 23.1 Å². The van der Waals surface area contributed by atoms with Gasteiger partial charge in [0, 0.05) is 18.0 Å². The number of imide groups is 1. The molecule has 5 nitrogen and oxygen atoms in total. The Labute approximate surface area is 160 Å². The molecule has 0 unspecified atom stereocenters. The zero-order valence-electron chi connectivity index (χ0n) is 14.4. The first kappa shape index (κ1) is 18.4. The predicted octanol–water partition coefficient (Wildman–Crippen LogP) is 3.83. The van der Waals surface area contributed by atoms with Gasteiger partial charge in [0.15, 0.2) is 0 Å². The molecule has 1 N–H and O–H groups in total. The molecule has 1 saturated heterocycles. The number of benzene rings is 1. The van der Waals surface area contributed by atoms with Gasteiger partial charge >= 0.3 is 0 Å². The number of carbonyl (C=O) groups excluding carboxylic acids is 3. The van der Waals surface area contributed by atoms with Gasteiger partial charge < -0.3 is 5.32 Å². The Morgan fingerprint density at radius 2 is 1.85 bits per heavy atom. The van der Waals surface area contributed by atoms with Crippen molar-refractivity contribution in [1.29, 1.82) is 0 Å². The minimum Gasteiger partial charge on any atom is -0.350 e. The van der Waals surface area contributed by atoms with Gasteiger partial charge in [-0.1, -0.05) is 29.8 Å². The van der Waals surface area contributed by atoms with E-state index in [2.05, 4.69) is 5.32 Å². The SMILES string of the molecule is Cc1ccc(/C=C2\SC(=O)N(CCNC(=O)c3ccc(C)s3)C2=O)cc1. The highest BCUT2D eigenvalue weighted by atomic mass is 32.2. The van der Waals surface area contributed by atoms with Crippen LogP contribution in [0.4, 0.5) is 4.79 Å². The van der Waals surface area contributed by atoms with Crippen molar-refractivity contribution >= 4 is 46.2 Å². The van der Waals surface area contributed by atoms with Crippen LogP contribution in [0.15, 0.2) is 41.3 Å². The Balaban J connectivity index is 1.58. The van der Waals surface area contributed by atoms with Crippen molar-refractivity contribution in [1.82, 2.24) is 10.2 Å². The largest absolute Gasteiger partial charge is 0.350 e. The molecule has 2 aromatic rings. The van der Waals surface area contributed by atoms with E-state index in [0.29, 0.717) is 9.78 Å². The van der Waals surface area contributed by atoms with Gasteiger partial charge in [0.25, 0.3) is 17.1 Å². The molecule has 7 heteroatoms. The molecule has 1 fully saturated rings. The molecular weight excluding hydrogens is 368 g/mol. The predicted molar refractivity (Wildman–Crippen MR) is 105 cm³/mol. The van der Waals surface area contributed by atoms with Gasteiger partial charge in [0.1, 0.15) is 0 Å². The number of hydrogen-bond donors (Lipinski definition) is 1. The van der Waals surface area contributed by atoms with Gasteiger partial charge in [-0.3, -0.25) is 19.3 Å². The molecule has 26 heavy (non-hydrogen) atoms. The third kappa shape index (κ3) is 4.23. The second-order valence-electron chi connectivity index (χ2n) is 5.91. The van der Waals surface area contributed by atoms with Crippen molar-refractivity contribution in [3.8, 4) is 0 Å². The lowest BCUT2D eigenvalue weighted by atomic mass is 10.1. The molecule has 3 amide bonds. The summed E-state index contributed by atoms with van der Waals surface area (Å²) in [5.74, 6) is -0.507. The third-order valence-electron chi connectivity index (χ3n) is 3.83. The zero-order chi connectivity index (χ0) is 18.7.